The summed E-state index contributed by atoms with van der Waals surface area (Å²) in [6.45, 7) is 3.98. The minimum atomic E-state index is -0.204. The van der Waals surface area contributed by atoms with Crippen LogP contribution in [0, 0.1) is 18.6 Å². The van der Waals surface area contributed by atoms with Crippen LogP contribution in [-0.2, 0) is 11.3 Å². The van der Waals surface area contributed by atoms with Gasteiger partial charge in [0.1, 0.15) is 12.3 Å². The summed E-state index contributed by atoms with van der Waals surface area (Å²) in [7, 11) is 1.61. The summed E-state index contributed by atoms with van der Waals surface area (Å²) in [5.41, 5.74) is 3.70. The van der Waals surface area contributed by atoms with Crippen LogP contribution in [0.4, 0.5) is 5.69 Å². The maximum atomic E-state index is 12.8. The molecule has 1 N–H and O–H groups in total. The van der Waals surface area contributed by atoms with Gasteiger partial charge in [0, 0.05) is 18.1 Å². The lowest BCUT2D eigenvalue weighted by Crippen LogP contribution is -2.20. The molecule has 0 atom stereocenters. The number of nitrogens with one attached hydrogen (secondary N) is 1. The van der Waals surface area contributed by atoms with E-state index >= 15 is 0 Å². The predicted octanol–water partition coefficient (Wildman–Crippen LogP) is 4.46. The van der Waals surface area contributed by atoms with Crippen LogP contribution in [0.3, 0.4) is 0 Å². The van der Waals surface area contributed by atoms with E-state index in [0.29, 0.717) is 16.3 Å². The van der Waals surface area contributed by atoms with Gasteiger partial charge in [-0.1, -0.05) is 18.2 Å². The molecule has 2 aromatic heterocycles. The predicted molar refractivity (Wildman–Crippen MR) is 123 cm³/mol. The third-order valence-corrected chi connectivity index (χ3v) is 5.17. The van der Waals surface area contributed by atoms with Gasteiger partial charge in [-0.05, 0) is 73.6 Å². The molecule has 0 radical (unpaired) electrons. The normalized spacial score (nSPS) is 10.8. The lowest BCUT2D eigenvalue weighted by molar-refractivity contribution is -0.116. The fourth-order valence-corrected chi connectivity index (χ4v) is 3.84. The van der Waals surface area contributed by atoms with Gasteiger partial charge in [-0.25, -0.2) is 9.36 Å². The fourth-order valence-electron chi connectivity index (χ4n) is 3.55. The molecule has 7 nitrogen and oxygen atoms in total. The summed E-state index contributed by atoms with van der Waals surface area (Å²) in [5.74, 6) is 1.05. The first kappa shape index (κ1) is 20.6. The van der Waals surface area contributed by atoms with Crippen LogP contribution in [0.15, 0.2) is 67.0 Å². The molecule has 31 heavy (non-hydrogen) atoms. The number of rotatable bonds is 6. The Morgan fingerprint density at radius 2 is 1.74 bits per heavy atom. The van der Waals surface area contributed by atoms with Gasteiger partial charge >= 0.3 is 0 Å². The zero-order chi connectivity index (χ0) is 22.0. The zero-order valence-corrected chi connectivity index (χ0v) is 18.4. The molecule has 0 fully saturated rings. The van der Waals surface area contributed by atoms with Crippen LogP contribution in [0.25, 0.3) is 11.4 Å². The second-order valence-electron chi connectivity index (χ2n) is 7.26. The number of anilines is 1. The van der Waals surface area contributed by atoms with Gasteiger partial charge in [-0.3, -0.25) is 9.47 Å². The third-order valence-electron chi connectivity index (χ3n) is 4.78. The lowest BCUT2D eigenvalue weighted by atomic mass is 10.1. The number of nitrogens with zero attached hydrogens (tertiary/aromatic N) is 4. The number of methoxy groups -OCH3 is 1. The second kappa shape index (κ2) is 8.61. The minimum Gasteiger partial charge on any atom is -0.496 e. The summed E-state index contributed by atoms with van der Waals surface area (Å²) >= 11 is 5.69. The van der Waals surface area contributed by atoms with Gasteiger partial charge in [-0.15, -0.1) is 5.10 Å². The average molecular weight is 434 g/mol. The number of para-hydroxylation sites is 1. The third kappa shape index (κ3) is 4.29. The van der Waals surface area contributed by atoms with E-state index in [1.165, 1.54) is 4.68 Å². The molecule has 8 heteroatoms. The van der Waals surface area contributed by atoms with Crippen molar-refractivity contribution in [3.63, 3.8) is 0 Å². The van der Waals surface area contributed by atoms with Crippen LogP contribution in [0.5, 0.6) is 5.75 Å². The highest BCUT2D eigenvalue weighted by molar-refractivity contribution is 7.71. The maximum Gasteiger partial charge on any atom is 0.246 e. The number of aromatic nitrogens is 4. The van der Waals surface area contributed by atoms with Gasteiger partial charge in [0.15, 0.2) is 5.82 Å². The Kier molecular flexibility index (Phi) is 5.73. The summed E-state index contributed by atoms with van der Waals surface area (Å²) in [5, 5.41) is 7.61. The number of benzene rings is 2. The first-order chi connectivity index (χ1) is 15.0. The summed E-state index contributed by atoms with van der Waals surface area (Å²) in [6, 6.07) is 17.3. The van der Waals surface area contributed by atoms with Gasteiger partial charge in [0.25, 0.3) is 0 Å². The smallest absolute Gasteiger partial charge is 0.246 e. The maximum absolute atomic E-state index is 12.8. The highest BCUT2D eigenvalue weighted by atomic mass is 32.1. The molecule has 0 aliphatic carbocycles. The highest BCUT2D eigenvalue weighted by Gasteiger charge is 2.19. The number of aryl methyl sites for hydroxylation is 2. The van der Waals surface area contributed by atoms with Crippen LogP contribution >= 0.6 is 12.2 Å². The van der Waals surface area contributed by atoms with Crippen molar-refractivity contribution in [1.82, 2.24) is 19.1 Å². The van der Waals surface area contributed by atoms with Crippen LogP contribution < -0.4 is 10.1 Å². The quantitative estimate of drug-likeness (QED) is 0.456. The molecule has 0 saturated heterocycles. The van der Waals surface area contributed by atoms with Crippen molar-refractivity contribution in [2.45, 2.75) is 20.4 Å². The Hall–Kier alpha value is -3.65. The molecule has 2 heterocycles. The first-order valence-corrected chi connectivity index (χ1v) is 10.2. The molecule has 158 valence electrons. The van der Waals surface area contributed by atoms with Crippen molar-refractivity contribution in [2.24, 2.45) is 0 Å². The Morgan fingerprint density at radius 1 is 1.06 bits per heavy atom. The molecule has 4 rings (SSSR count). The summed E-state index contributed by atoms with van der Waals surface area (Å²) in [6.07, 6.45) is 3.74. The van der Waals surface area contributed by atoms with E-state index in [0.717, 1.165) is 22.4 Å². The molecular weight excluding hydrogens is 410 g/mol. The van der Waals surface area contributed by atoms with Crippen molar-refractivity contribution in [3.8, 4) is 17.1 Å². The second-order valence-corrected chi connectivity index (χ2v) is 7.63. The van der Waals surface area contributed by atoms with Crippen molar-refractivity contribution in [2.75, 3.05) is 12.4 Å². The summed E-state index contributed by atoms with van der Waals surface area (Å²) < 4.78 is 11.0. The van der Waals surface area contributed by atoms with Crippen molar-refractivity contribution < 1.29 is 9.53 Å². The molecule has 0 saturated carbocycles. The standard InChI is InChI=1S/C23H23N5O2S/c1-16-12-17(2)14-18(13-16)24-21(29)15-27-23(31)28(26-10-6-7-11-26)22(25-27)19-8-4-5-9-20(19)30-3/h4-14H,15H2,1-3H3,(H,24,29). The fraction of sp³-hybridized carbons (Fsp3) is 0.174. The molecular formula is C23H23N5O2S. The molecule has 0 aliphatic rings. The lowest BCUT2D eigenvalue weighted by Gasteiger charge is -2.10. The van der Waals surface area contributed by atoms with E-state index in [9.17, 15) is 4.79 Å². The van der Waals surface area contributed by atoms with Gasteiger partial charge in [-0.2, -0.15) is 0 Å². The Balaban J connectivity index is 1.72. The number of amides is 1. The number of carbonyl (C=O) groups is 1. The Labute approximate surface area is 185 Å². The van der Waals surface area contributed by atoms with E-state index < -0.39 is 0 Å². The Morgan fingerprint density at radius 3 is 2.42 bits per heavy atom. The molecule has 2 aromatic carbocycles. The van der Waals surface area contributed by atoms with Crippen molar-refractivity contribution >= 4 is 23.8 Å². The summed E-state index contributed by atoms with van der Waals surface area (Å²) in [4.78, 5) is 12.8. The van der Waals surface area contributed by atoms with Gasteiger partial charge in [0.05, 0.1) is 12.7 Å². The van der Waals surface area contributed by atoms with E-state index in [1.54, 1.807) is 11.8 Å². The van der Waals surface area contributed by atoms with E-state index in [-0.39, 0.29) is 12.5 Å². The molecule has 1 amide bonds. The molecule has 0 spiro atoms. The largest absolute Gasteiger partial charge is 0.496 e. The van der Waals surface area contributed by atoms with Gasteiger partial charge < -0.3 is 10.1 Å². The number of hydrogen-bond acceptors (Lipinski definition) is 4. The van der Waals surface area contributed by atoms with E-state index in [2.05, 4.69) is 16.5 Å². The van der Waals surface area contributed by atoms with Crippen LogP contribution in [0.2, 0.25) is 0 Å². The first-order valence-electron chi connectivity index (χ1n) is 9.81. The monoisotopic (exact) mass is 433 g/mol. The molecule has 0 bridgehead atoms. The average Bonchev–Trinajstić information content (AvgIpc) is 3.35. The number of ether oxygens (including phenoxy) is 1. The molecule has 0 aliphatic heterocycles. The van der Waals surface area contributed by atoms with Crippen LogP contribution in [-0.4, -0.2) is 32.1 Å². The molecule has 0 unspecified atom stereocenters. The highest BCUT2D eigenvalue weighted by Crippen LogP contribution is 2.29. The van der Waals surface area contributed by atoms with Crippen molar-refractivity contribution in [1.29, 1.82) is 0 Å². The minimum absolute atomic E-state index is 0.0117. The molecule has 4 aromatic rings. The van der Waals surface area contributed by atoms with E-state index in [1.807, 2.05) is 79.4 Å². The topological polar surface area (TPSA) is 66.0 Å². The number of hydrogen-bond donors (Lipinski definition) is 1. The zero-order valence-electron chi connectivity index (χ0n) is 17.6. The number of carbonyl (C=O) groups excluding carboxylic acids is 1. The van der Waals surface area contributed by atoms with Gasteiger partial charge in [0.2, 0.25) is 10.7 Å². The Bertz CT molecular complexity index is 1270. The van der Waals surface area contributed by atoms with Crippen LogP contribution in [0.1, 0.15) is 11.1 Å². The van der Waals surface area contributed by atoms with E-state index in [4.69, 9.17) is 17.0 Å². The SMILES string of the molecule is COc1ccccc1-c1nn(CC(=O)Nc2cc(C)cc(C)c2)c(=S)n1-n1cccc1. The van der Waals surface area contributed by atoms with Crippen molar-refractivity contribution in [3.05, 3.63) is 82.9 Å².